The lowest BCUT2D eigenvalue weighted by Gasteiger charge is -2.34. The van der Waals surface area contributed by atoms with Gasteiger partial charge in [0.05, 0.1) is 18.1 Å². The van der Waals surface area contributed by atoms with Crippen molar-refractivity contribution >= 4 is 17.5 Å². The molecule has 0 spiro atoms. The van der Waals surface area contributed by atoms with Crippen molar-refractivity contribution in [1.82, 2.24) is 9.80 Å². The first-order valence-electron chi connectivity index (χ1n) is 9.28. The molecule has 3 rings (SSSR count). The molecule has 1 saturated heterocycles. The van der Waals surface area contributed by atoms with Crippen LogP contribution in [-0.2, 0) is 4.79 Å². The molecule has 1 aliphatic rings. The number of halogens is 1. The predicted octanol–water partition coefficient (Wildman–Crippen LogP) is 3.33. The third kappa shape index (κ3) is 6.15. The molecular weight excluding hydrogens is 364 g/mol. The Morgan fingerprint density at radius 1 is 0.889 bits per heavy atom. The molecule has 0 aliphatic carbocycles. The minimum Gasteiger partial charge on any atom is -0.493 e. The van der Waals surface area contributed by atoms with E-state index in [1.807, 2.05) is 59.5 Å². The lowest BCUT2D eigenvalue weighted by molar-refractivity contribution is -0.133. The molecule has 1 heterocycles. The number of carbonyl (C=O) groups excluding carboxylic acids is 1. The average molecular weight is 389 g/mol. The van der Waals surface area contributed by atoms with E-state index < -0.39 is 0 Å². The molecule has 0 atom stereocenters. The van der Waals surface area contributed by atoms with Gasteiger partial charge in [-0.3, -0.25) is 9.69 Å². The van der Waals surface area contributed by atoms with Gasteiger partial charge >= 0.3 is 0 Å². The van der Waals surface area contributed by atoms with E-state index in [2.05, 4.69) is 4.90 Å². The predicted molar refractivity (Wildman–Crippen MR) is 107 cm³/mol. The molecule has 1 fully saturated rings. The largest absolute Gasteiger partial charge is 0.493 e. The minimum atomic E-state index is 0.151. The van der Waals surface area contributed by atoms with Crippen LogP contribution in [0, 0.1) is 0 Å². The molecule has 0 N–H and O–H groups in total. The fourth-order valence-corrected chi connectivity index (χ4v) is 3.19. The summed E-state index contributed by atoms with van der Waals surface area (Å²) in [6.45, 7) is 5.03. The zero-order chi connectivity index (χ0) is 18.9. The third-order valence-electron chi connectivity index (χ3n) is 4.55. The summed E-state index contributed by atoms with van der Waals surface area (Å²) < 4.78 is 11.3. The average Bonchev–Trinajstić information content (AvgIpc) is 2.71. The van der Waals surface area contributed by atoms with Crippen molar-refractivity contribution in [1.29, 1.82) is 0 Å². The highest BCUT2D eigenvalue weighted by Crippen LogP contribution is 2.22. The van der Waals surface area contributed by atoms with Gasteiger partial charge in [-0.05, 0) is 24.3 Å². The summed E-state index contributed by atoms with van der Waals surface area (Å²) in [5.41, 5.74) is 0. The van der Waals surface area contributed by atoms with E-state index in [0.29, 0.717) is 30.4 Å². The third-order valence-corrected chi connectivity index (χ3v) is 4.87. The highest BCUT2D eigenvalue weighted by atomic mass is 35.5. The van der Waals surface area contributed by atoms with Crippen molar-refractivity contribution in [3.05, 3.63) is 59.6 Å². The van der Waals surface area contributed by atoms with Crippen LogP contribution in [-0.4, -0.2) is 61.6 Å². The number of nitrogens with zero attached hydrogens (tertiary/aromatic N) is 2. The molecule has 5 nitrogen and oxygen atoms in total. The number of piperazine rings is 1. The van der Waals surface area contributed by atoms with E-state index in [9.17, 15) is 4.79 Å². The van der Waals surface area contributed by atoms with Gasteiger partial charge in [-0.2, -0.15) is 0 Å². The van der Waals surface area contributed by atoms with Gasteiger partial charge in [0, 0.05) is 32.7 Å². The number of rotatable bonds is 8. The molecule has 2 aromatic carbocycles. The van der Waals surface area contributed by atoms with Gasteiger partial charge in [0.2, 0.25) is 5.91 Å². The molecule has 27 heavy (non-hydrogen) atoms. The highest BCUT2D eigenvalue weighted by molar-refractivity contribution is 6.32. The summed E-state index contributed by atoms with van der Waals surface area (Å²) in [7, 11) is 0. The van der Waals surface area contributed by atoms with Crippen molar-refractivity contribution < 1.29 is 14.3 Å². The Morgan fingerprint density at radius 3 is 2.33 bits per heavy atom. The van der Waals surface area contributed by atoms with Crippen molar-refractivity contribution in [3.8, 4) is 11.5 Å². The standard InChI is InChI=1S/C21H25ClN2O3/c22-19-8-4-5-9-20(19)27-17-15-23-11-13-24(14-12-23)21(25)10-16-26-18-6-2-1-3-7-18/h1-9H,10-17H2. The Kier molecular flexibility index (Phi) is 7.36. The monoisotopic (exact) mass is 388 g/mol. The van der Waals surface area contributed by atoms with Gasteiger partial charge in [0.15, 0.2) is 0 Å². The fourth-order valence-electron chi connectivity index (χ4n) is 3.00. The summed E-state index contributed by atoms with van der Waals surface area (Å²) >= 11 is 6.09. The Balaban J connectivity index is 1.31. The Morgan fingerprint density at radius 2 is 1.59 bits per heavy atom. The number of hydrogen-bond donors (Lipinski definition) is 0. The topological polar surface area (TPSA) is 42.0 Å². The maximum atomic E-state index is 12.3. The van der Waals surface area contributed by atoms with Crippen molar-refractivity contribution in [2.75, 3.05) is 45.9 Å². The summed E-state index contributed by atoms with van der Waals surface area (Å²) in [5, 5.41) is 0.630. The van der Waals surface area contributed by atoms with Gasteiger partial charge in [0.25, 0.3) is 0 Å². The maximum absolute atomic E-state index is 12.3. The molecule has 1 amide bonds. The van der Waals surface area contributed by atoms with E-state index in [1.54, 1.807) is 0 Å². The molecule has 0 bridgehead atoms. The molecule has 1 aliphatic heterocycles. The van der Waals surface area contributed by atoms with Crippen LogP contribution >= 0.6 is 11.6 Å². The minimum absolute atomic E-state index is 0.151. The normalized spacial score (nSPS) is 14.8. The lowest BCUT2D eigenvalue weighted by atomic mass is 10.3. The van der Waals surface area contributed by atoms with Crippen LogP contribution in [0.25, 0.3) is 0 Å². The molecule has 0 radical (unpaired) electrons. The second-order valence-electron chi connectivity index (χ2n) is 6.41. The number of hydrogen-bond acceptors (Lipinski definition) is 4. The van der Waals surface area contributed by atoms with E-state index in [0.717, 1.165) is 38.5 Å². The van der Waals surface area contributed by atoms with Crippen LogP contribution in [0.15, 0.2) is 54.6 Å². The van der Waals surface area contributed by atoms with Crippen molar-refractivity contribution in [3.63, 3.8) is 0 Å². The Labute approximate surface area is 165 Å². The number of carbonyl (C=O) groups is 1. The first-order chi connectivity index (χ1) is 13.2. The molecule has 2 aromatic rings. The zero-order valence-corrected chi connectivity index (χ0v) is 16.1. The summed E-state index contributed by atoms with van der Waals surface area (Å²) in [5.74, 6) is 1.66. The highest BCUT2D eigenvalue weighted by Gasteiger charge is 2.20. The first-order valence-corrected chi connectivity index (χ1v) is 9.65. The molecule has 0 saturated carbocycles. The lowest BCUT2D eigenvalue weighted by Crippen LogP contribution is -2.49. The SMILES string of the molecule is O=C(CCOc1ccccc1)N1CCN(CCOc2ccccc2Cl)CC1. The van der Waals surface area contributed by atoms with E-state index in [-0.39, 0.29) is 5.91 Å². The number of amides is 1. The Bertz CT molecular complexity index is 718. The van der Waals surface area contributed by atoms with Gasteiger partial charge in [-0.25, -0.2) is 0 Å². The molecule has 0 aromatic heterocycles. The molecule has 144 valence electrons. The summed E-state index contributed by atoms with van der Waals surface area (Å²) in [4.78, 5) is 16.5. The molecule has 6 heteroatoms. The smallest absolute Gasteiger partial charge is 0.226 e. The summed E-state index contributed by atoms with van der Waals surface area (Å²) in [6.07, 6.45) is 0.407. The van der Waals surface area contributed by atoms with Crippen molar-refractivity contribution in [2.45, 2.75) is 6.42 Å². The van der Waals surface area contributed by atoms with Gasteiger partial charge in [0.1, 0.15) is 18.1 Å². The van der Waals surface area contributed by atoms with Crippen LogP contribution in [0.3, 0.4) is 0 Å². The molecular formula is C21H25ClN2O3. The summed E-state index contributed by atoms with van der Waals surface area (Å²) in [6, 6.07) is 17.1. The van der Waals surface area contributed by atoms with E-state index in [1.165, 1.54) is 0 Å². The van der Waals surface area contributed by atoms with E-state index in [4.69, 9.17) is 21.1 Å². The second-order valence-corrected chi connectivity index (χ2v) is 6.82. The van der Waals surface area contributed by atoms with Gasteiger partial charge in [-0.1, -0.05) is 41.9 Å². The maximum Gasteiger partial charge on any atom is 0.226 e. The zero-order valence-electron chi connectivity index (χ0n) is 15.4. The number of ether oxygens (including phenoxy) is 2. The van der Waals surface area contributed by atoms with Crippen molar-refractivity contribution in [2.24, 2.45) is 0 Å². The van der Waals surface area contributed by atoms with Crippen LogP contribution in [0.5, 0.6) is 11.5 Å². The van der Waals surface area contributed by atoms with Crippen LogP contribution in [0.1, 0.15) is 6.42 Å². The molecule has 0 unspecified atom stereocenters. The first kappa shape index (κ1) is 19.5. The van der Waals surface area contributed by atoms with Gasteiger partial charge < -0.3 is 14.4 Å². The van der Waals surface area contributed by atoms with Crippen LogP contribution in [0.4, 0.5) is 0 Å². The van der Waals surface area contributed by atoms with Gasteiger partial charge in [-0.15, -0.1) is 0 Å². The van der Waals surface area contributed by atoms with Crippen LogP contribution in [0.2, 0.25) is 5.02 Å². The number of benzene rings is 2. The second kappa shape index (κ2) is 10.2. The van der Waals surface area contributed by atoms with Crippen LogP contribution < -0.4 is 9.47 Å². The Hall–Kier alpha value is -2.24. The quantitative estimate of drug-likeness (QED) is 0.695. The van der Waals surface area contributed by atoms with E-state index >= 15 is 0 Å². The fraction of sp³-hybridized carbons (Fsp3) is 0.381. The number of para-hydroxylation sites is 2.